The van der Waals surface area contributed by atoms with Crippen molar-refractivity contribution in [2.45, 2.75) is 37.9 Å². The van der Waals surface area contributed by atoms with E-state index >= 15 is 0 Å². The zero-order valence-corrected chi connectivity index (χ0v) is 16.9. The Morgan fingerprint density at radius 3 is 2.79 bits per heavy atom. The monoisotopic (exact) mass is 417 g/mol. The molecule has 0 radical (unpaired) electrons. The molecule has 7 nitrogen and oxygen atoms in total. The van der Waals surface area contributed by atoms with Crippen LogP contribution in [0.3, 0.4) is 0 Å². The second-order valence-electron chi connectivity index (χ2n) is 6.83. The molecule has 0 amide bonds. The van der Waals surface area contributed by atoms with Crippen LogP contribution in [0, 0.1) is 0 Å². The second-order valence-corrected chi connectivity index (χ2v) is 9.20. The lowest BCUT2D eigenvalue weighted by atomic mass is 10.2. The Bertz CT molecular complexity index is 1110. The van der Waals surface area contributed by atoms with Crippen LogP contribution >= 0.6 is 11.6 Å². The standard InChI is InChI=1S/C19H20ClN5O2S/c1-2-3-14-8-16(6-7-21-14)25-12-13(10-23-25)19-18(20)9-15(11-22-19)24-28(26,27)17-4-5-17/h6-12,17,24H,2-5H2,1H3. The molecule has 0 aliphatic heterocycles. The van der Waals surface area contributed by atoms with Gasteiger partial charge in [0.05, 0.1) is 39.7 Å². The number of hydrogen-bond acceptors (Lipinski definition) is 5. The fraction of sp³-hybridized carbons (Fsp3) is 0.316. The summed E-state index contributed by atoms with van der Waals surface area (Å²) in [5.74, 6) is 0. The Balaban J connectivity index is 1.57. The largest absolute Gasteiger partial charge is 0.282 e. The molecule has 0 spiro atoms. The van der Waals surface area contributed by atoms with Crippen molar-refractivity contribution < 1.29 is 8.42 Å². The van der Waals surface area contributed by atoms with E-state index in [2.05, 4.69) is 26.7 Å². The summed E-state index contributed by atoms with van der Waals surface area (Å²) in [5.41, 5.74) is 3.59. The van der Waals surface area contributed by atoms with E-state index in [0.29, 0.717) is 29.2 Å². The molecule has 1 aliphatic rings. The highest BCUT2D eigenvalue weighted by Crippen LogP contribution is 2.32. The van der Waals surface area contributed by atoms with Gasteiger partial charge in [0.25, 0.3) is 0 Å². The van der Waals surface area contributed by atoms with Crippen LogP contribution in [0.4, 0.5) is 5.69 Å². The summed E-state index contributed by atoms with van der Waals surface area (Å²) in [6, 6.07) is 5.47. The predicted octanol–water partition coefficient (Wildman–Crippen LogP) is 3.84. The van der Waals surface area contributed by atoms with E-state index in [1.54, 1.807) is 23.1 Å². The molecular formula is C19H20ClN5O2S. The molecule has 4 rings (SSSR count). The quantitative estimate of drug-likeness (QED) is 0.630. The van der Waals surface area contributed by atoms with Gasteiger partial charge in [-0.1, -0.05) is 24.9 Å². The fourth-order valence-corrected chi connectivity index (χ4v) is 4.56. The minimum atomic E-state index is -3.35. The highest BCUT2D eigenvalue weighted by molar-refractivity contribution is 7.93. The minimum Gasteiger partial charge on any atom is -0.282 e. The lowest BCUT2D eigenvalue weighted by Crippen LogP contribution is -2.17. The van der Waals surface area contributed by atoms with Gasteiger partial charge in [0.15, 0.2) is 0 Å². The molecular weight excluding hydrogens is 398 g/mol. The molecule has 146 valence electrons. The van der Waals surface area contributed by atoms with Gasteiger partial charge in [-0.2, -0.15) is 5.10 Å². The van der Waals surface area contributed by atoms with Gasteiger partial charge in [-0.3, -0.25) is 14.7 Å². The number of aromatic nitrogens is 4. The summed E-state index contributed by atoms with van der Waals surface area (Å²) in [4.78, 5) is 8.70. The molecule has 0 aromatic carbocycles. The van der Waals surface area contributed by atoms with Gasteiger partial charge in [-0.15, -0.1) is 0 Å². The van der Waals surface area contributed by atoms with Crippen molar-refractivity contribution >= 4 is 27.3 Å². The smallest absolute Gasteiger partial charge is 0.235 e. The van der Waals surface area contributed by atoms with Gasteiger partial charge in [0.2, 0.25) is 10.0 Å². The van der Waals surface area contributed by atoms with Crippen molar-refractivity contribution in [2.75, 3.05) is 4.72 Å². The van der Waals surface area contributed by atoms with Crippen LogP contribution in [0.5, 0.6) is 0 Å². The Morgan fingerprint density at radius 2 is 2.07 bits per heavy atom. The first-order valence-electron chi connectivity index (χ1n) is 9.14. The Morgan fingerprint density at radius 1 is 1.25 bits per heavy atom. The van der Waals surface area contributed by atoms with Gasteiger partial charge in [0.1, 0.15) is 0 Å². The first kappa shape index (κ1) is 18.9. The lowest BCUT2D eigenvalue weighted by molar-refractivity contribution is 0.600. The van der Waals surface area contributed by atoms with Crippen LogP contribution < -0.4 is 4.72 Å². The van der Waals surface area contributed by atoms with Crippen LogP contribution in [-0.4, -0.2) is 33.4 Å². The number of hydrogen-bond donors (Lipinski definition) is 1. The minimum absolute atomic E-state index is 0.304. The highest BCUT2D eigenvalue weighted by Gasteiger charge is 2.35. The number of anilines is 1. The number of halogens is 1. The summed E-state index contributed by atoms with van der Waals surface area (Å²) in [5, 5.41) is 4.45. The van der Waals surface area contributed by atoms with Gasteiger partial charge >= 0.3 is 0 Å². The summed E-state index contributed by atoms with van der Waals surface area (Å²) in [7, 11) is -3.35. The van der Waals surface area contributed by atoms with E-state index in [1.165, 1.54) is 6.20 Å². The normalized spacial score (nSPS) is 14.2. The van der Waals surface area contributed by atoms with E-state index in [4.69, 9.17) is 11.6 Å². The zero-order chi connectivity index (χ0) is 19.7. The lowest BCUT2D eigenvalue weighted by Gasteiger charge is -2.08. The molecule has 0 atom stereocenters. The third-order valence-electron chi connectivity index (χ3n) is 4.49. The van der Waals surface area contributed by atoms with Crippen LogP contribution in [0.25, 0.3) is 16.9 Å². The van der Waals surface area contributed by atoms with Gasteiger partial charge in [0, 0.05) is 23.7 Å². The topological polar surface area (TPSA) is 89.8 Å². The first-order chi connectivity index (χ1) is 13.5. The summed E-state index contributed by atoms with van der Waals surface area (Å²) in [6.07, 6.45) is 10.1. The predicted molar refractivity (Wildman–Crippen MR) is 109 cm³/mol. The van der Waals surface area contributed by atoms with Crippen LogP contribution in [0.1, 0.15) is 31.9 Å². The Hall–Kier alpha value is -2.45. The second kappa shape index (κ2) is 7.52. The number of aryl methyl sites for hydroxylation is 1. The number of pyridine rings is 2. The summed E-state index contributed by atoms with van der Waals surface area (Å²) in [6.45, 7) is 2.11. The van der Waals surface area contributed by atoms with Gasteiger partial charge in [-0.25, -0.2) is 13.1 Å². The molecule has 3 aromatic rings. The molecule has 1 fully saturated rings. The Kier molecular flexibility index (Phi) is 5.07. The van der Waals surface area contributed by atoms with E-state index in [0.717, 1.165) is 29.8 Å². The first-order valence-corrected chi connectivity index (χ1v) is 11.1. The maximum Gasteiger partial charge on any atom is 0.235 e. The third-order valence-corrected chi connectivity index (χ3v) is 6.65. The molecule has 28 heavy (non-hydrogen) atoms. The van der Waals surface area contributed by atoms with E-state index in [-0.39, 0.29) is 5.25 Å². The van der Waals surface area contributed by atoms with Gasteiger partial charge < -0.3 is 0 Å². The average molecular weight is 418 g/mol. The molecule has 1 saturated carbocycles. The van der Waals surface area contributed by atoms with E-state index < -0.39 is 10.0 Å². The third kappa shape index (κ3) is 4.02. The van der Waals surface area contributed by atoms with Crippen LogP contribution in [0.15, 0.2) is 43.0 Å². The molecule has 1 N–H and O–H groups in total. The summed E-state index contributed by atoms with van der Waals surface area (Å²) < 4.78 is 28.4. The number of sulfonamides is 1. The molecule has 0 bridgehead atoms. The molecule has 1 aliphatic carbocycles. The van der Waals surface area contributed by atoms with Crippen molar-refractivity contribution in [3.63, 3.8) is 0 Å². The van der Waals surface area contributed by atoms with Crippen molar-refractivity contribution in [3.05, 3.63) is 53.7 Å². The highest BCUT2D eigenvalue weighted by atomic mass is 35.5. The van der Waals surface area contributed by atoms with Crippen molar-refractivity contribution in [2.24, 2.45) is 0 Å². The number of nitrogens with zero attached hydrogens (tertiary/aromatic N) is 4. The van der Waals surface area contributed by atoms with E-state index in [1.807, 2.05) is 18.3 Å². The Labute approximate surface area is 168 Å². The van der Waals surface area contributed by atoms with Crippen LogP contribution in [0.2, 0.25) is 5.02 Å². The maximum absolute atomic E-state index is 12.1. The average Bonchev–Trinajstić information content (AvgIpc) is 3.42. The summed E-state index contributed by atoms with van der Waals surface area (Å²) >= 11 is 6.37. The fourth-order valence-electron chi connectivity index (χ4n) is 2.92. The van der Waals surface area contributed by atoms with E-state index in [9.17, 15) is 8.42 Å². The molecule has 9 heteroatoms. The molecule has 0 unspecified atom stereocenters. The number of rotatable bonds is 7. The van der Waals surface area contributed by atoms with Crippen molar-refractivity contribution in [1.82, 2.24) is 19.7 Å². The number of nitrogens with one attached hydrogen (secondary N) is 1. The van der Waals surface area contributed by atoms with Gasteiger partial charge in [-0.05, 0) is 37.5 Å². The molecule has 3 heterocycles. The molecule has 0 saturated heterocycles. The maximum atomic E-state index is 12.1. The van der Waals surface area contributed by atoms with Crippen molar-refractivity contribution in [3.8, 4) is 16.9 Å². The van der Waals surface area contributed by atoms with Crippen LogP contribution in [-0.2, 0) is 16.4 Å². The zero-order valence-electron chi connectivity index (χ0n) is 15.3. The SMILES string of the molecule is CCCc1cc(-n2cc(-c3ncc(NS(=O)(=O)C4CC4)cc3Cl)cn2)ccn1. The van der Waals surface area contributed by atoms with Crippen molar-refractivity contribution in [1.29, 1.82) is 0 Å². The molecule has 3 aromatic heterocycles.